The molecule has 5 nitrogen and oxygen atoms in total. The van der Waals surface area contributed by atoms with Crippen LogP contribution in [0.1, 0.15) is 18.9 Å². The average Bonchev–Trinajstić information content (AvgIpc) is 2.98. The maximum Gasteiger partial charge on any atom is 0.219 e. The number of hydrogen-bond donors (Lipinski definition) is 1. The van der Waals surface area contributed by atoms with E-state index >= 15 is 0 Å². The molecule has 0 aromatic heterocycles. The summed E-state index contributed by atoms with van der Waals surface area (Å²) in [7, 11) is 2.06. The summed E-state index contributed by atoms with van der Waals surface area (Å²) in [5.74, 6) is 1.34. The quantitative estimate of drug-likeness (QED) is 0.891. The molecule has 2 aliphatic rings. The van der Waals surface area contributed by atoms with Crippen LogP contribution in [-0.4, -0.2) is 47.8 Å². The number of aryl methyl sites for hydroxylation is 1. The molecule has 27 heavy (non-hydrogen) atoms. The number of piperidine rings is 1. The van der Waals surface area contributed by atoms with Crippen molar-refractivity contribution < 1.29 is 4.79 Å². The number of hydrogen-bond acceptors (Lipinski definition) is 3. The summed E-state index contributed by atoms with van der Waals surface area (Å²) in [5.41, 5.74) is 8.00. The van der Waals surface area contributed by atoms with E-state index in [2.05, 4.69) is 72.9 Å². The third kappa shape index (κ3) is 3.60. The maximum atomic E-state index is 11.8. The molecule has 2 saturated heterocycles. The van der Waals surface area contributed by atoms with E-state index < -0.39 is 0 Å². The molecule has 140 valence electrons. The van der Waals surface area contributed by atoms with Gasteiger partial charge in [0, 0.05) is 33.1 Å². The van der Waals surface area contributed by atoms with E-state index in [1.807, 2.05) is 4.90 Å². The smallest absolute Gasteiger partial charge is 0.219 e. The molecule has 1 amide bonds. The Morgan fingerprint density at radius 2 is 1.70 bits per heavy atom. The highest BCUT2D eigenvalue weighted by atomic mass is 16.2. The molecule has 2 aromatic rings. The first-order chi connectivity index (χ1) is 13.0. The van der Waals surface area contributed by atoms with Crippen molar-refractivity contribution in [2.45, 2.75) is 26.3 Å². The highest BCUT2D eigenvalue weighted by Crippen LogP contribution is 2.29. The molecule has 4 rings (SSSR count). The van der Waals surface area contributed by atoms with Crippen molar-refractivity contribution in [3.8, 4) is 11.1 Å². The molecule has 2 aromatic carbocycles. The largest absolute Gasteiger partial charge is 0.342 e. The Kier molecular flexibility index (Phi) is 4.70. The Hall–Kier alpha value is -2.66. The molecular formula is C22H26N4O. The molecule has 5 heteroatoms. The number of fused-ring (bicyclic) bond motifs is 1. The van der Waals surface area contributed by atoms with Crippen LogP contribution in [0.25, 0.3) is 11.1 Å². The van der Waals surface area contributed by atoms with Gasteiger partial charge in [0.15, 0.2) is 0 Å². The number of carbonyl (C=O) groups excluding carboxylic acids is 1. The number of amides is 1. The standard InChI is InChI=1S/C22H26N4O/c1-15-4-6-17(7-5-15)18-8-10-19(11-9-18)23-22-20-14-26(16(2)27)13-12-21(20)25(3)24-22/h4-11,20-21H,12-14H2,1-3H3,(H,23,24). The second kappa shape index (κ2) is 7.16. The van der Waals surface area contributed by atoms with Crippen LogP contribution in [0.2, 0.25) is 0 Å². The molecule has 2 unspecified atom stereocenters. The lowest BCUT2D eigenvalue weighted by Crippen LogP contribution is -2.47. The van der Waals surface area contributed by atoms with Gasteiger partial charge in [0.05, 0.1) is 11.6 Å². The molecule has 2 heterocycles. The highest BCUT2D eigenvalue weighted by molar-refractivity contribution is 5.90. The van der Waals surface area contributed by atoms with Gasteiger partial charge in [-0.15, -0.1) is 0 Å². The Morgan fingerprint density at radius 3 is 2.33 bits per heavy atom. The van der Waals surface area contributed by atoms with Crippen molar-refractivity contribution in [1.29, 1.82) is 0 Å². The van der Waals surface area contributed by atoms with Gasteiger partial charge in [-0.3, -0.25) is 4.79 Å². The first-order valence-electron chi connectivity index (χ1n) is 9.52. The summed E-state index contributed by atoms with van der Waals surface area (Å²) < 4.78 is 0. The third-order valence-electron chi connectivity index (χ3n) is 5.66. The van der Waals surface area contributed by atoms with E-state index in [1.165, 1.54) is 16.7 Å². The van der Waals surface area contributed by atoms with Crippen LogP contribution >= 0.6 is 0 Å². The maximum absolute atomic E-state index is 11.8. The number of nitrogens with one attached hydrogen (secondary N) is 1. The Morgan fingerprint density at radius 1 is 1.07 bits per heavy atom. The Labute approximate surface area is 160 Å². The van der Waals surface area contributed by atoms with Crippen LogP contribution in [-0.2, 0) is 4.79 Å². The number of amidine groups is 1. The van der Waals surface area contributed by atoms with Crippen molar-refractivity contribution in [2.24, 2.45) is 10.9 Å². The summed E-state index contributed by atoms with van der Waals surface area (Å²) in [6.45, 7) is 5.30. The number of carbonyl (C=O) groups is 1. The second-order valence-corrected chi connectivity index (χ2v) is 7.56. The van der Waals surface area contributed by atoms with Crippen molar-refractivity contribution >= 4 is 17.4 Å². The fourth-order valence-electron chi connectivity index (χ4n) is 4.03. The fourth-order valence-corrected chi connectivity index (χ4v) is 4.03. The van der Waals surface area contributed by atoms with Crippen LogP contribution < -0.4 is 5.43 Å². The first-order valence-corrected chi connectivity index (χ1v) is 9.52. The van der Waals surface area contributed by atoms with Crippen LogP contribution in [0.4, 0.5) is 5.69 Å². The van der Waals surface area contributed by atoms with E-state index in [9.17, 15) is 4.79 Å². The molecule has 1 N–H and O–H groups in total. The highest BCUT2D eigenvalue weighted by Gasteiger charge is 2.41. The van der Waals surface area contributed by atoms with Crippen LogP contribution in [0, 0.1) is 12.8 Å². The summed E-state index contributed by atoms with van der Waals surface area (Å²) in [6.07, 6.45) is 0.971. The number of hydrazine groups is 1. The number of benzene rings is 2. The molecular weight excluding hydrogens is 336 g/mol. The summed E-state index contributed by atoms with van der Waals surface area (Å²) >= 11 is 0. The van der Waals surface area contributed by atoms with Gasteiger partial charge >= 0.3 is 0 Å². The molecule has 2 fully saturated rings. The number of likely N-dealkylation sites (tertiary alicyclic amines) is 1. The van der Waals surface area contributed by atoms with Gasteiger partial charge in [-0.25, -0.2) is 10.0 Å². The van der Waals surface area contributed by atoms with E-state index in [1.54, 1.807) is 6.92 Å². The number of aliphatic imine (C=N–C) groups is 1. The summed E-state index contributed by atoms with van der Waals surface area (Å²) in [4.78, 5) is 18.6. The van der Waals surface area contributed by atoms with Gasteiger partial charge in [0.1, 0.15) is 5.84 Å². The van der Waals surface area contributed by atoms with Crippen molar-refractivity contribution in [3.05, 3.63) is 54.1 Å². The zero-order chi connectivity index (χ0) is 19.0. The number of rotatable bonds is 2. The molecule has 0 bridgehead atoms. The van der Waals surface area contributed by atoms with Crippen molar-refractivity contribution in [3.63, 3.8) is 0 Å². The van der Waals surface area contributed by atoms with Crippen molar-refractivity contribution in [2.75, 3.05) is 20.1 Å². The molecule has 0 spiro atoms. The lowest BCUT2D eigenvalue weighted by Gasteiger charge is -2.34. The monoisotopic (exact) mass is 362 g/mol. The molecule has 2 aliphatic heterocycles. The van der Waals surface area contributed by atoms with E-state index in [-0.39, 0.29) is 11.8 Å². The van der Waals surface area contributed by atoms with Gasteiger partial charge in [0.25, 0.3) is 0 Å². The zero-order valence-corrected chi connectivity index (χ0v) is 16.1. The lowest BCUT2D eigenvalue weighted by molar-refractivity contribution is -0.130. The van der Waals surface area contributed by atoms with E-state index in [4.69, 9.17) is 4.99 Å². The minimum Gasteiger partial charge on any atom is -0.342 e. The van der Waals surface area contributed by atoms with Crippen LogP contribution in [0.3, 0.4) is 0 Å². The number of nitrogens with zero attached hydrogens (tertiary/aromatic N) is 3. The minimum atomic E-state index is 0.143. The third-order valence-corrected chi connectivity index (χ3v) is 5.66. The molecule has 0 radical (unpaired) electrons. The molecule has 0 saturated carbocycles. The van der Waals surface area contributed by atoms with Gasteiger partial charge in [0.2, 0.25) is 5.91 Å². The Balaban J connectivity index is 1.55. The lowest BCUT2D eigenvalue weighted by atomic mass is 9.92. The van der Waals surface area contributed by atoms with Gasteiger partial charge in [-0.1, -0.05) is 42.0 Å². The van der Waals surface area contributed by atoms with Gasteiger partial charge in [-0.2, -0.15) is 0 Å². The average molecular weight is 362 g/mol. The van der Waals surface area contributed by atoms with Crippen LogP contribution in [0.15, 0.2) is 53.5 Å². The predicted molar refractivity (Wildman–Crippen MR) is 109 cm³/mol. The topological polar surface area (TPSA) is 47.9 Å². The van der Waals surface area contributed by atoms with Gasteiger partial charge < -0.3 is 10.3 Å². The van der Waals surface area contributed by atoms with Gasteiger partial charge in [-0.05, 0) is 36.6 Å². The Bertz CT molecular complexity index is 857. The predicted octanol–water partition coefficient (Wildman–Crippen LogP) is 3.38. The van der Waals surface area contributed by atoms with Crippen molar-refractivity contribution in [1.82, 2.24) is 15.3 Å². The molecule has 2 atom stereocenters. The summed E-state index contributed by atoms with van der Waals surface area (Å²) in [6, 6.07) is 17.3. The second-order valence-electron chi connectivity index (χ2n) is 7.56. The normalized spacial score (nSPS) is 24.0. The van der Waals surface area contributed by atoms with Crippen LogP contribution in [0.5, 0.6) is 0 Å². The zero-order valence-electron chi connectivity index (χ0n) is 16.1. The van der Waals surface area contributed by atoms with E-state index in [0.29, 0.717) is 6.04 Å². The van der Waals surface area contributed by atoms with E-state index in [0.717, 1.165) is 31.0 Å². The fraction of sp³-hybridized carbons (Fsp3) is 0.364. The SMILES string of the molecule is CC(=O)N1CCC2C(C1)C(=Nc1ccc(-c3ccc(C)cc3)cc1)NN2C. The summed E-state index contributed by atoms with van der Waals surface area (Å²) in [5, 5.41) is 2.14. The minimum absolute atomic E-state index is 0.143. The molecule has 0 aliphatic carbocycles. The first kappa shape index (κ1) is 17.7.